The van der Waals surface area contributed by atoms with Gasteiger partial charge in [-0.15, -0.1) is 0 Å². The summed E-state index contributed by atoms with van der Waals surface area (Å²) in [5, 5.41) is 3.00. The monoisotopic (exact) mass is 527 g/mol. The Bertz CT molecular complexity index is 1300. The zero-order chi connectivity index (χ0) is 27.5. The third kappa shape index (κ3) is 5.35. The number of nitrogens with one attached hydrogen (secondary N) is 2. The maximum atomic E-state index is 13.7. The highest BCUT2D eigenvalue weighted by Gasteiger charge is 2.54. The number of anilines is 1. The zero-order valence-electron chi connectivity index (χ0n) is 21.3. The Kier molecular flexibility index (Phi) is 7.71. The van der Waals surface area contributed by atoms with Crippen LogP contribution in [0.1, 0.15) is 26.6 Å². The van der Waals surface area contributed by atoms with Crippen LogP contribution in [-0.2, 0) is 29.6 Å². The lowest BCUT2D eigenvalue weighted by atomic mass is 9.91. The Morgan fingerprint density at radius 2 is 1.87 bits per heavy atom. The van der Waals surface area contributed by atoms with Crippen LogP contribution in [0, 0.1) is 11.2 Å². The first-order valence-electron chi connectivity index (χ1n) is 12.0. The number of H-pyrrole nitrogens is 1. The summed E-state index contributed by atoms with van der Waals surface area (Å²) < 4.78 is 30.7. The lowest BCUT2D eigenvalue weighted by Gasteiger charge is -2.40. The Morgan fingerprint density at radius 1 is 1.18 bits per heavy atom. The number of carbonyl (C=O) groups is 2. The maximum absolute atomic E-state index is 13.7. The second-order valence-electron chi connectivity index (χ2n) is 9.37. The van der Waals surface area contributed by atoms with Gasteiger partial charge in [0.05, 0.1) is 36.4 Å². The molecule has 12 nitrogen and oxygen atoms in total. The molecule has 6 N–H and O–H groups in total. The predicted octanol–water partition coefficient (Wildman–Crippen LogP) is 1.69. The lowest BCUT2D eigenvalue weighted by molar-refractivity contribution is -0.294. The number of carbonyl (C=O) groups excluding carboxylic acids is 2. The molecule has 0 radical (unpaired) electrons. The molecule has 1 amide bonds. The summed E-state index contributed by atoms with van der Waals surface area (Å²) in [6.45, 7) is 5.45. The SMILES string of the molecule is CC(C)OC(=O)C1(C)COC(C(N)=O)(c2nc(-c3ccc(F)cc3)c(-c3ccnc(NCCN)n3)[nH]2)OC1. The number of hydrogen-bond acceptors (Lipinski definition) is 10. The number of nitrogens with zero attached hydrogens (tertiary/aromatic N) is 3. The van der Waals surface area contributed by atoms with Gasteiger partial charge in [0.25, 0.3) is 5.91 Å². The summed E-state index contributed by atoms with van der Waals surface area (Å²) in [6.07, 6.45) is 1.20. The molecule has 3 aromatic rings. The van der Waals surface area contributed by atoms with E-state index in [0.717, 1.165) is 0 Å². The molecule has 1 fully saturated rings. The van der Waals surface area contributed by atoms with E-state index >= 15 is 0 Å². The molecule has 1 aromatic carbocycles. The van der Waals surface area contributed by atoms with E-state index in [4.69, 9.17) is 25.7 Å². The highest BCUT2D eigenvalue weighted by molar-refractivity contribution is 5.85. The standard InChI is InChI=1S/C25H30FN7O5/c1-14(2)38-22(35)24(3)12-36-25(20(28)34,37-13-24)21-32-18(15-4-6-16(26)7-5-15)19(33-21)17-8-10-29-23(31-17)30-11-9-27/h4-8,10,14H,9,11-13,27H2,1-3H3,(H2,28,34)(H,32,33)(H,29,30,31). The first kappa shape index (κ1) is 27.1. The summed E-state index contributed by atoms with van der Waals surface area (Å²) >= 11 is 0. The minimum absolute atomic E-state index is 0.0614. The minimum Gasteiger partial charge on any atom is -0.462 e. The second-order valence-corrected chi connectivity index (χ2v) is 9.37. The van der Waals surface area contributed by atoms with Crippen molar-refractivity contribution in [3.63, 3.8) is 0 Å². The number of ether oxygens (including phenoxy) is 3. The molecule has 0 bridgehead atoms. The number of halogens is 1. The Balaban J connectivity index is 1.77. The Hall–Kier alpha value is -3.94. The number of imidazole rings is 1. The average molecular weight is 528 g/mol. The maximum Gasteiger partial charge on any atom is 0.316 e. The van der Waals surface area contributed by atoms with Crippen LogP contribution in [0.25, 0.3) is 22.6 Å². The molecular weight excluding hydrogens is 497 g/mol. The van der Waals surface area contributed by atoms with Crippen molar-refractivity contribution in [2.45, 2.75) is 32.7 Å². The van der Waals surface area contributed by atoms with Crippen molar-refractivity contribution < 1.29 is 28.2 Å². The summed E-state index contributed by atoms with van der Waals surface area (Å²) in [6, 6.07) is 7.27. The number of aromatic nitrogens is 4. The summed E-state index contributed by atoms with van der Waals surface area (Å²) in [5.74, 6) is -3.80. The number of benzene rings is 1. The Labute approximate surface area is 218 Å². The predicted molar refractivity (Wildman–Crippen MR) is 135 cm³/mol. The molecule has 0 atom stereocenters. The number of nitrogens with two attached hydrogens (primary N) is 2. The van der Waals surface area contributed by atoms with Crippen molar-refractivity contribution in [3.05, 3.63) is 48.2 Å². The highest BCUT2D eigenvalue weighted by Crippen LogP contribution is 2.39. The van der Waals surface area contributed by atoms with Crippen molar-refractivity contribution in [1.29, 1.82) is 0 Å². The van der Waals surface area contributed by atoms with E-state index in [1.165, 1.54) is 24.3 Å². The van der Waals surface area contributed by atoms with Crippen molar-refractivity contribution in [1.82, 2.24) is 19.9 Å². The third-order valence-electron chi connectivity index (χ3n) is 5.82. The van der Waals surface area contributed by atoms with Crippen molar-refractivity contribution in [3.8, 4) is 22.6 Å². The van der Waals surface area contributed by atoms with Gasteiger partial charge in [-0.1, -0.05) is 0 Å². The first-order valence-corrected chi connectivity index (χ1v) is 12.0. The van der Waals surface area contributed by atoms with Crippen LogP contribution in [0.5, 0.6) is 0 Å². The highest BCUT2D eigenvalue weighted by atomic mass is 19.1. The van der Waals surface area contributed by atoms with Gasteiger partial charge in [0.2, 0.25) is 5.95 Å². The van der Waals surface area contributed by atoms with Crippen LogP contribution >= 0.6 is 0 Å². The summed E-state index contributed by atoms with van der Waals surface area (Å²) in [5.41, 5.74) is 11.8. The fourth-order valence-corrected chi connectivity index (χ4v) is 3.77. The molecule has 1 aliphatic rings. The summed E-state index contributed by atoms with van der Waals surface area (Å²) in [4.78, 5) is 41.7. The molecular formula is C25H30FN7O5. The van der Waals surface area contributed by atoms with Gasteiger partial charge < -0.3 is 36.0 Å². The minimum atomic E-state index is -2.13. The normalized spacial score (nSPS) is 21.3. The van der Waals surface area contributed by atoms with E-state index < -0.39 is 28.9 Å². The van der Waals surface area contributed by atoms with Crippen LogP contribution < -0.4 is 16.8 Å². The topological polar surface area (TPSA) is 180 Å². The fraction of sp³-hybridized carbons (Fsp3) is 0.400. The molecule has 2 aromatic heterocycles. The van der Waals surface area contributed by atoms with Gasteiger partial charge in [0, 0.05) is 24.8 Å². The molecule has 13 heteroatoms. The number of aromatic amines is 1. The summed E-state index contributed by atoms with van der Waals surface area (Å²) in [7, 11) is 0. The van der Waals surface area contributed by atoms with Gasteiger partial charge >= 0.3 is 11.8 Å². The van der Waals surface area contributed by atoms with Crippen LogP contribution in [-0.4, -0.2) is 64.2 Å². The van der Waals surface area contributed by atoms with E-state index in [1.54, 1.807) is 33.0 Å². The molecule has 0 spiro atoms. The van der Waals surface area contributed by atoms with Crippen molar-refractivity contribution in [2.24, 2.45) is 16.9 Å². The van der Waals surface area contributed by atoms with Crippen LogP contribution in [0.15, 0.2) is 36.5 Å². The molecule has 1 saturated heterocycles. The molecule has 0 saturated carbocycles. The first-order chi connectivity index (χ1) is 18.1. The second kappa shape index (κ2) is 10.8. The third-order valence-corrected chi connectivity index (χ3v) is 5.82. The number of esters is 1. The van der Waals surface area contributed by atoms with Gasteiger partial charge in [0.1, 0.15) is 11.2 Å². The van der Waals surface area contributed by atoms with Crippen molar-refractivity contribution in [2.75, 3.05) is 31.6 Å². The van der Waals surface area contributed by atoms with Crippen LogP contribution in [0.4, 0.5) is 10.3 Å². The van der Waals surface area contributed by atoms with Gasteiger partial charge in [-0.2, -0.15) is 0 Å². The smallest absolute Gasteiger partial charge is 0.316 e. The van der Waals surface area contributed by atoms with Crippen molar-refractivity contribution >= 4 is 17.8 Å². The number of rotatable bonds is 9. The molecule has 4 rings (SSSR count). The molecule has 3 heterocycles. The molecule has 38 heavy (non-hydrogen) atoms. The van der Waals surface area contributed by atoms with E-state index in [2.05, 4.69) is 25.3 Å². The fourth-order valence-electron chi connectivity index (χ4n) is 3.77. The molecule has 1 aliphatic heterocycles. The molecule has 0 aliphatic carbocycles. The quantitative estimate of drug-likeness (QED) is 0.299. The van der Waals surface area contributed by atoms with E-state index in [9.17, 15) is 14.0 Å². The van der Waals surface area contributed by atoms with Gasteiger partial charge in [-0.05, 0) is 51.1 Å². The average Bonchev–Trinajstić information content (AvgIpc) is 3.34. The van der Waals surface area contributed by atoms with Gasteiger partial charge in [-0.3, -0.25) is 9.59 Å². The molecule has 202 valence electrons. The van der Waals surface area contributed by atoms with E-state index in [1.807, 2.05) is 0 Å². The van der Waals surface area contributed by atoms with E-state index in [-0.39, 0.29) is 25.1 Å². The number of primary amides is 1. The number of hydrogen-bond donors (Lipinski definition) is 4. The van der Waals surface area contributed by atoms with Crippen LogP contribution in [0.2, 0.25) is 0 Å². The van der Waals surface area contributed by atoms with Gasteiger partial charge in [-0.25, -0.2) is 19.3 Å². The largest absolute Gasteiger partial charge is 0.462 e. The molecule has 0 unspecified atom stereocenters. The zero-order valence-corrected chi connectivity index (χ0v) is 21.3. The van der Waals surface area contributed by atoms with E-state index in [0.29, 0.717) is 41.7 Å². The lowest BCUT2D eigenvalue weighted by Crippen LogP contribution is -2.56. The van der Waals surface area contributed by atoms with Crippen LogP contribution in [0.3, 0.4) is 0 Å². The number of amides is 1. The van der Waals surface area contributed by atoms with Gasteiger partial charge in [0.15, 0.2) is 5.82 Å². The Morgan fingerprint density at radius 3 is 2.47 bits per heavy atom.